The van der Waals surface area contributed by atoms with E-state index in [0.717, 1.165) is 18.4 Å². The third-order valence-corrected chi connectivity index (χ3v) is 3.95. The molecular weight excluding hydrogens is 260 g/mol. The van der Waals surface area contributed by atoms with Gasteiger partial charge in [-0.3, -0.25) is 0 Å². The molecule has 1 aromatic carbocycles. The molecule has 0 bridgehead atoms. The number of rotatable bonds is 4. The van der Waals surface area contributed by atoms with Crippen LogP contribution in [0.25, 0.3) is 0 Å². The first-order valence-electron chi connectivity index (χ1n) is 6.99. The lowest BCUT2D eigenvalue weighted by atomic mass is 9.96. The Balaban J connectivity index is 1.71. The molecule has 1 saturated carbocycles. The minimum Gasteiger partial charge on any atom is -0.336 e. The van der Waals surface area contributed by atoms with Gasteiger partial charge in [0.25, 0.3) is 0 Å². The minimum atomic E-state index is -0.182. The summed E-state index contributed by atoms with van der Waals surface area (Å²) in [5.74, 6) is 0. The van der Waals surface area contributed by atoms with E-state index in [-0.39, 0.29) is 11.4 Å². The van der Waals surface area contributed by atoms with Crippen LogP contribution in [0.2, 0.25) is 0 Å². The summed E-state index contributed by atoms with van der Waals surface area (Å²) in [5, 5.41) is 5.68. The van der Waals surface area contributed by atoms with Crippen molar-refractivity contribution in [3.63, 3.8) is 0 Å². The molecule has 4 heteroatoms. The molecule has 0 saturated heterocycles. The lowest BCUT2D eigenvalue weighted by Gasteiger charge is -2.23. The number of hydrogen-bond donors (Lipinski definition) is 2. The fourth-order valence-electron chi connectivity index (χ4n) is 2.45. The van der Waals surface area contributed by atoms with Gasteiger partial charge in [0.1, 0.15) is 0 Å². The number of halogens is 1. The minimum absolute atomic E-state index is 0.103. The predicted octanol–water partition coefficient (Wildman–Crippen LogP) is 3.60. The fourth-order valence-corrected chi connectivity index (χ4v) is 2.67. The molecule has 1 unspecified atom stereocenters. The fraction of sp³-hybridized carbons (Fsp3) is 0.533. The van der Waals surface area contributed by atoms with E-state index in [9.17, 15) is 4.79 Å². The highest BCUT2D eigenvalue weighted by atomic mass is 35.5. The summed E-state index contributed by atoms with van der Waals surface area (Å²) >= 11 is 6.25. The van der Waals surface area contributed by atoms with Gasteiger partial charge in [0.2, 0.25) is 0 Å². The summed E-state index contributed by atoms with van der Waals surface area (Å²) in [6.45, 7) is 0.449. The molecule has 2 N–H and O–H groups in total. The maximum atomic E-state index is 11.8. The Morgan fingerprint density at radius 3 is 2.58 bits per heavy atom. The molecule has 1 atom stereocenters. The highest BCUT2D eigenvalue weighted by Crippen LogP contribution is 2.19. The second kappa shape index (κ2) is 7.39. The second-order valence-electron chi connectivity index (χ2n) is 5.07. The standard InChI is InChI=1S/C15H21ClN2O/c16-14(12-7-3-1-4-8-12)11-17-15(19)18-13-9-5-2-6-10-13/h1,3-4,7-8,13-14H,2,5-6,9-11H2,(H2,17,18,19). The highest BCUT2D eigenvalue weighted by Gasteiger charge is 2.16. The zero-order valence-corrected chi connectivity index (χ0v) is 11.8. The van der Waals surface area contributed by atoms with Crippen LogP contribution in [0.4, 0.5) is 4.79 Å². The van der Waals surface area contributed by atoms with E-state index >= 15 is 0 Å². The Hall–Kier alpha value is -1.22. The average molecular weight is 281 g/mol. The van der Waals surface area contributed by atoms with E-state index in [4.69, 9.17) is 11.6 Å². The molecule has 0 aromatic heterocycles. The van der Waals surface area contributed by atoms with Crippen molar-refractivity contribution in [3.8, 4) is 0 Å². The lowest BCUT2D eigenvalue weighted by Crippen LogP contribution is -2.43. The van der Waals surface area contributed by atoms with Gasteiger partial charge in [0.15, 0.2) is 0 Å². The summed E-state index contributed by atoms with van der Waals surface area (Å²) in [4.78, 5) is 11.8. The number of urea groups is 1. The van der Waals surface area contributed by atoms with E-state index in [1.807, 2.05) is 30.3 Å². The quantitative estimate of drug-likeness (QED) is 0.813. The molecule has 19 heavy (non-hydrogen) atoms. The van der Waals surface area contributed by atoms with Gasteiger partial charge in [-0.1, -0.05) is 49.6 Å². The maximum Gasteiger partial charge on any atom is 0.315 e. The molecule has 1 aliphatic rings. The van der Waals surface area contributed by atoms with Crippen LogP contribution in [0.3, 0.4) is 0 Å². The Morgan fingerprint density at radius 2 is 1.89 bits per heavy atom. The SMILES string of the molecule is O=C(NCC(Cl)c1ccccc1)NC1CCCCC1. The normalized spacial score (nSPS) is 17.7. The van der Waals surface area contributed by atoms with Gasteiger partial charge in [-0.05, 0) is 18.4 Å². The van der Waals surface area contributed by atoms with Crippen LogP contribution in [0.5, 0.6) is 0 Å². The topological polar surface area (TPSA) is 41.1 Å². The Kier molecular flexibility index (Phi) is 5.52. The van der Waals surface area contributed by atoms with Crippen molar-refractivity contribution < 1.29 is 4.79 Å². The molecule has 0 aliphatic heterocycles. The lowest BCUT2D eigenvalue weighted by molar-refractivity contribution is 0.232. The van der Waals surface area contributed by atoms with E-state index in [0.29, 0.717) is 12.6 Å². The van der Waals surface area contributed by atoms with Gasteiger partial charge >= 0.3 is 6.03 Å². The monoisotopic (exact) mass is 280 g/mol. The van der Waals surface area contributed by atoms with Crippen LogP contribution < -0.4 is 10.6 Å². The first-order chi connectivity index (χ1) is 9.25. The second-order valence-corrected chi connectivity index (χ2v) is 5.59. The van der Waals surface area contributed by atoms with Crippen molar-refractivity contribution in [2.24, 2.45) is 0 Å². The van der Waals surface area contributed by atoms with E-state index in [1.165, 1.54) is 19.3 Å². The van der Waals surface area contributed by atoms with Crippen LogP contribution in [0.1, 0.15) is 43.0 Å². The van der Waals surface area contributed by atoms with Crippen molar-refractivity contribution in [1.82, 2.24) is 10.6 Å². The predicted molar refractivity (Wildman–Crippen MR) is 78.4 cm³/mol. The Bertz CT molecular complexity index is 390. The third-order valence-electron chi connectivity index (χ3n) is 3.54. The van der Waals surface area contributed by atoms with Crippen LogP contribution >= 0.6 is 11.6 Å². The van der Waals surface area contributed by atoms with Gasteiger partial charge in [0.05, 0.1) is 5.38 Å². The molecule has 1 aliphatic carbocycles. The molecule has 2 rings (SSSR count). The first kappa shape index (κ1) is 14.2. The summed E-state index contributed by atoms with van der Waals surface area (Å²) < 4.78 is 0. The number of amides is 2. The average Bonchev–Trinajstić information content (AvgIpc) is 2.47. The number of hydrogen-bond acceptors (Lipinski definition) is 1. The maximum absolute atomic E-state index is 11.8. The highest BCUT2D eigenvalue weighted by molar-refractivity contribution is 6.21. The number of alkyl halides is 1. The van der Waals surface area contributed by atoms with E-state index in [2.05, 4.69) is 10.6 Å². The molecular formula is C15H21ClN2O. The number of carbonyl (C=O) groups excluding carboxylic acids is 1. The molecule has 2 amide bonds. The number of nitrogens with one attached hydrogen (secondary N) is 2. The van der Waals surface area contributed by atoms with E-state index < -0.39 is 0 Å². The van der Waals surface area contributed by atoms with E-state index in [1.54, 1.807) is 0 Å². The number of carbonyl (C=O) groups is 1. The molecule has 1 aromatic rings. The molecule has 3 nitrogen and oxygen atoms in total. The van der Waals surface area contributed by atoms with Crippen molar-refractivity contribution in [2.75, 3.05) is 6.54 Å². The van der Waals surface area contributed by atoms with Gasteiger partial charge in [-0.25, -0.2) is 4.79 Å². The van der Waals surface area contributed by atoms with Crippen LogP contribution in [-0.4, -0.2) is 18.6 Å². The van der Waals surface area contributed by atoms with Gasteiger partial charge in [-0.2, -0.15) is 0 Å². The zero-order chi connectivity index (χ0) is 13.5. The summed E-state index contributed by atoms with van der Waals surface area (Å²) in [6, 6.07) is 10.0. The summed E-state index contributed by atoms with van der Waals surface area (Å²) in [6.07, 6.45) is 5.91. The van der Waals surface area contributed by atoms with Crippen LogP contribution in [-0.2, 0) is 0 Å². The summed E-state index contributed by atoms with van der Waals surface area (Å²) in [5.41, 5.74) is 1.03. The Morgan fingerprint density at radius 1 is 1.21 bits per heavy atom. The molecule has 0 radical (unpaired) electrons. The Labute approximate surface area is 119 Å². The smallest absolute Gasteiger partial charge is 0.315 e. The van der Waals surface area contributed by atoms with Gasteiger partial charge < -0.3 is 10.6 Å². The molecule has 104 valence electrons. The zero-order valence-electron chi connectivity index (χ0n) is 11.1. The largest absolute Gasteiger partial charge is 0.336 e. The molecule has 1 fully saturated rings. The molecule has 0 heterocycles. The van der Waals surface area contributed by atoms with Crippen LogP contribution in [0, 0.1) is 0 Å². The van der Waals surface area contributed by atoms with Crippen molar-refractivity contribution in [2.45, 2.75) is 43.5 Å². The van der Waals surface area contributed by atoms with Crippen molar-refractivity contribution in [3.05, 3.63) is 35.9 Å². The number of benzene rings is 1. The molecule has 0 spiro atoms. The van der Waals surface area contributed by atoms with Crippen molar-refractivity contribution >= 4 is 17.6 Å². The van der Waals surface area contributed by atoms with Gasteiger partial charge in [-0.15, -0.1) is 11.6 Å². The first-order valence-corrected chi connectivity index (χ1v) is 7.43. The van der Waals surface area contributed by atoms with Crippen molar-refractivity contribution in [1.29, 1.82) is 0 Å². The summed E-state index contributed by atoms with van der Waals surface area (Å²) in [7, 11) is 0. The third kappa shape index (κ3) is 4.75. The van der Waals surface area contributed by atoms with Crippen LogP contribution in [0.15, 0.2) is 30.3 Å². The van der Waals surface area contributed by atoms with Gasteiger partial charge in [0, 0.05) is 12.6 Å².